The van der Waals surface area contributed by atoms with Crippen molar-refractivity contribution < 1.29 is 0 Å². The molecule has 0 amide bonds. The van der Waals surface area contributed by atoms with Gasteiger partial charge < -0.3 is 5.32 Å². The summed E-state index contributed by atoms with van der Waals surface area (Å²) in [5, 5.41) is 3.44. The van der Waals surface area contributed by atoms with E-state index in [1.54, 1.807) is 0 Å². The molecule has 0 radical (unpaired) electrons. The van der Waals surface area contributed by atoms with Gasteiger partial charge in [0.15, 0.2) is 0 Å². The third-order valence-electron chi connectivity index (χ3n) is 4.19. The summed E-state index contributed by atoms with van der Waals surface area (Å²) in [5.41, 5.74) is 3.73. The van der Waals surface area contributed by atoms with Gasteiger partial charge in [-0.3, -0.25) is 4.98 Å². The van der Waals surface area contributed by atoms with Crippen molar-refractivity contribution in [1.82, 2.24) is 10.3 Å². The molecule has 0 atom stereocenters. The summed E-state index contributed by atoms with van der Waals surface area (Å²) in [6, 6.07) is 14.9. The summed E-state index contributed by atoms with van der Waals surface area (Å²) < 4.78 is 0. The van der Waals surface area contributed by atoms with Crippen LogP contribution < -0.4 is 5.32 Å². The number of hydrogen-bond donors (Lipinski definition) is 1. The fraction of sp³-hybridized carbons (Fsp3) is 0.389. The van der Waals surface area contributed by atoms with Gasteiger partial charge in [-0.25, -0.2) is 0 Å². The molecule has 1 saturated heterocycles. The average molecular weight is 266 g/mol. The second-order valence-electron chi connectivity index (χ2n) is 5.65. The molecule has 1 N–H and O–H groups in total. The summed E-state index contributed by atoms with van der Waals surface area (Å²) in [6.45, 7) is 2.39. The molecule has 3 rings (SSSR count). The third kappa shape index (κ3) is 3.45. The monoisotopic (exact) mass is 266 g/mol. The molecule has 2 heterocycles. The number of aryl methyl sites for hydroxylation is 1. The van der Waals surface area contributed by atoms with Crippen LogP contribution in [0.15, 0.2) is 48.7 Å². The molecule has 0 aliphatic carbocycles. The van der Waals surface area contributed by atoms with Crippen LogP contribution in [0.2, 0.25) is 0 Å². The molecular weight excluding hydrogens is 244 g/mol. The first-order chi connectivity index (χ1) is 9.92. The topological polar surface area (TPSA) is 24.9 Å². The van der Waals surface area contributed by atoms with Gasteiger partial charge in [0.2, 0.25) is 0 Å². The minimum atomic E-state index is 0.898. The Labute approximate surface area is 121 Å². The second-order valence-corrected chi connectivity index (χ2v) is 5.65. The summed E-state index contributed by atoms with van der Waals surface area (Å²) in [7, 11) is 0. The number of nitrogens with zero attached hydrogens (tertiary/aromatic N) is 1. The van der Waals surface area contributed by atoms with Crippen LogP contribution in [0.25, 0.3) is 11.3 Å². The number of nitrogens with one attached hydrogen (secondary N) is 1. The lowest BCUT2D eigenvalue weighted by Gasteiger charge is -2.22. The van der Waals surface area contributed by atoms with Crippen molar-refractivity contribution in [3.8, 4) is 11.3 Å². The van der Waals surface area contributed by atoms with Gasteiger partial charge in [0.1, 0.15) is 0 Å². The van der Waals surface area contributed by atoms with Crippen LogP contribution in [-0.4, -0.2) is 18.1 Å². The van der Waals surface area contributed by atoms with E-state index in [1.807, 2.05) is 18.3 Å². The Hall–Kier alpha value is -1.67. The van der Waals surface area contributed by atoms with E-state index in [4.69, 9.17) is 0 Å². The first kappa shape index (κ1) is 13.3. The highest BCUT2D eigenvalue weighted by Crippen LogP contribution is 2.22. The van der Waals surface area contributed by atoms with Crippen molar-refractivity contribution in [2.45, 2.75) is 25.7 Å². The Morgan fingerprint density at radius 2 is 1.95 bits per heavy atom. The minimum absolute atomic E-state index is 0.898. The lowest BCUT2D eigenvalue weighted by atomic mass is 9.91. The predicted octanol–water partition coefficient (Wildman–Crippen LogP) is 3.68. The van der Waals surface area contributed by atoms with Crippen LogP contribution in [0, 0.1) is 5.92 Å². The van der Waals surface area contributed by atoms with Crippen LogP contribution in [0.5, 0.6) is 0 Å². The van der Waals surface area contributed by atoms with E-state index in [9.17, 15) is 0 Å². The Morgan fingerprint density at radius 1 is 1.05 bits per heavy atom. The maximum atomic E-state index is 4.43. The number of hydrogen-bond acceptors (Lipinski definition) is 2. The molecule has 1 fully saturated rings. The maximum absolute atomic E-state index is 4.43. The molecule has 0 bridgehead atoms. The standard InChI is InChI=1S/C18H22N2/c1-2-11-20-18(6-1)17-5-3-4-16(14-17)8-7-15-9-12-19-13-10-15/h1-6,11,14-15,19H,7-10,12-13H2. The van der Waals surface area contributed by atoms with Crippen LogP contribution >= 0.6 is 0 Å². The number of pyridine rings is 1. The quantitative estimate of drug-likeness (QED) is 0.913. The molecular formula is C18H22N2. The number of benzene rings is 1. The zero-order valence-electron chi connectivity index (χ0n) is 11.9. The average Bonchev–Trinajstić information content (AvgIpc) is 2.55. The van der Waals surface area contributed by atoms with E-state index in [0.29, 0.717) is 0 Å². The van der Waals surface area contributed by atoms with E-state index < -0.39 is 0 Å². The van der Waals surface area contributed by atoms with E-state index in [0.717, 1.165) is 11.6 Å². The maximum Gasteiger partial charge on any atom is 0.0702 e. The number of rotatable bonds is 4. The Kier molecular flexibility index (Phi) is 4.44. The molecule has 0 saturated carbocycles. The van der Waals surface area contributed by atoms with E-state index in [-0.39, 0.29) is 0 Å². The van der Waals surface area contributed by atoms with Gasteiger partial charge >= 0.3 is 0 Å². The minimum Gasteiger partial charge on any atom is -0.317 e. The van der Waals surface area contributed by atoms with Gasteiger partial charge in [0, 0.05) is 11.8 Å². The van der Waals surface area contributed by atoms with Crippen molar-refractivity contribution in [2.24, 2.45) is 5.92 Å². The molecule has 2 aromatic rings. The Morgan fingerprint density at radius 3 is 2.75 bits per heavy atom. The molecule has 0 spiro atoms. The largest absolute Gasteiger partial charge is 0.317 e. The SMILES string of the molecule is c1ccc(-c2cccc(CCC3CCNCC3)c2)nc1. The summed E-state index contributed by atoms with van der Waals surface area (Å²) in [5.74, 6) is 0.898. The van der Waals surface area contributed by atoms with Crippen molar-refractivity contribution in [1.29, 1.82) is 0 Å². The smallest absolute Gasteiger partial charge is 0.0702 e. The Balaban J connectivity index is 1.65. The number of piperidine rings is 1. The molecule has 1 aliphatic rings. The van der Waals surface area contributed by atoms with E-state index in [1.165, 1.54) is 49.9 Å². The van der Waals surface area contributed by atoms with E-state index in [2.05, 4.69) is 40.6 Å². The number of aromatic nitrogens is 1. The van der Waals surface area contributed by atoms with Gasteiger partial charge in [-0.15, -0.1) is 0 Å². The normalized spacial score (nSPS) is 16.2. The molecule has 1 aromatic heterocycles. The van der Waals surface area contributed by atoms with Crippen molar-refractivity contribution in [2.75, 3.05) is 13.1 Å². The molecule has 20 heavy (non-hydrogen) atoms. The first-order valence-corrected chi connectivity index (χ1v) is 7.63. The lowest BCUT2D eigenvalue weighted by Crippen LogP contribution is -2.27. The van der Waals surface area contributed by atoms with Crippen molar-refractivity contribution in [3.05, 3.63) is 54.2 Å². The third-order valence-corrected chi connectivity index (χ3v) is 4.19. The van der Waals surface area contributed by atoms with Crippen LogP contribution in [0.1, 0.15) is 24.8 Å². The van der Waals surface area contributed by atoms with Gasteiger partial charge in [-0.1, -0.05) is 24.3 Å². The molecule has 1 aromatic carbocycles. The molecule has 0 unspecified atom stereocenters. The van der Waals surface area contributed by atoms with E-state index >= 15 is 0 Å². The molecule has 104 valence electrons. The highest BCUT2D eigenvalue weighted by molar-refractivity contribution is 5.59. The van der Waals surface area contributed by atoms with Crippen LogP contribution in [0.3, 0.4) is 0 Å². The van der Waals surface area contributed by atoms with Crippen molar-refractivity contribution in [3.63, 3.8) is 0 Å². The summed E-state index contributed by atoms with van der Waals surface area (Å²) in [4.78, 5) is 4.43. The molecule has 1 aliphatic heterocycles. The zero-order chi connectivity index (χ0) is 13.6. The fourth-order valence-corrected chi connectivity index (χ4v) is 2.96. The van der Waals surface area contributed by atoms with Gasteiger partial charge in [-0.2, -0.15) is 0 Å². The molecule has 2 nitrogen and oxygen atoms in total. The summed E-state index contributed by atoms with van der Waals surface area (Å²) in [6.07, 6.45) is 7.02. The predicted molar refractivity (Wildman–Crippen MR) is 83.6 cm³/mol. The van der Waals surface area contributed by atoms with Gasteiger partial charge in [0.25, 0.3) is 0 Å². The zero-order valence-corrected chi connectivity index (χ0v) is 11.9. The highest BCUT2D eigenvalue weighted by Gasteiger charge is 2.12. The van der Waals surface area contributed by atoms with Gasteiger partial charge in [0.05, 0.1) is 5.69 Å². The Bertz CT molecular complexity index is 530. The van der Waals surface area contributed by atoms with Gasteiger partial charge in [-0.05, 0) is 68.5 Å². The highest BCUT2D eigenvalue weighted by atomic mass is 14.9. The van der Waals surface area contributed by atoms with Crippen LogP contribution in [-0.2, 0) is 6.42 Å². The fourth-order valence-electron chi connectivity index (χ4n) is 2.96. The first-order valence-electron chi connectivity index (χ1n) is 7.63. The van der Waals surface area contributed by atoms with Crippen LogP contribution in [0.4, 0.5) is 0 Å². The molecule has 2 heteroatoms. The lowest BCUT2D eigenvalue weighted by molar-refractivity contribution is 0.354. The second kappa shape index (κ2) is 6.67. The van der Waals surface area contributed by atoms with Crippen molar-refractivity contribution >= 4 is 0 Å². The summed E-state index contributed by atoms with van der Waals surface area (Å²) >= 11 is 0.